The van der Waals surface area contributed by atoms with Gasteiger partial charge >= 0.3 is 24.3 Å². The topological polar surface area (TPSA) is 74.1 Å². The molecule has 1 aromatic heterocycles. The lowest BCUT2D eigenvalue weighted by atomic mass is 10.0. The Kier molecular flexibility index (Phi) is 6.68. The lowest BCUT2D eigenvalue weighted by Crippen LogP contribution is -2.12. The Hall–Kier alpha value is -3.18. The number of nitrogens with zero attached hydrogens (tertiary/aromatic N) is 3. The van der Waals surface area contributed by atoms with Gasteiger partial charge in [-0.3, -0.25) is 4.79 Å². The van der Waals surface area contributed by atoms with Crippen LogP contribution in [0.15, 0.2) is 30.6 Å². The van der Waals surface area contributed by atoms with Crippen LogP contribution in [0.5, 0.6) is 0 Å². The molecule has 2 rings (SSSR count). The van der Waals surface area contributed by atoms with E-state index >= 15 is 0 Å². The molecule has 0 amide bonds. The van der Waals surface area contributed by atoms with E-state index in [1.165, 1.54) is 0 Å². The number of esters is 2. The second-order valence-corrected chi connectivity index (χ2v) is 6.55. The third-order valence-electron chi connectivity index (χ3n) is 3.51. The Morgan fingerprint density at radius 2 is 1.63 bits per heavy atom. The molecule has 6 nitrogen and oxygen atoms in total. The lowest BCUT2D eigenvalue weighted by molar-refractivity contribution is -0.156. The van der Waals surface area contributed by atoms with E-state index in [-0.39, 0.29) is 18.4 Å². The number of alkyl halides is 6. The van der Waals surface area contributed by atoms with Crippen molar-refractivity contribution in [2.45, 2.75) is 32.6 Å². The van der Waals surface area contributed by atoms with Crippen molar-refractivity contribution in [2.24, 2.45) is 5.92 Å². The highest BCUT2D eigenvalue weighted by molar-refractivity contribution is 5.93. The maximum Gasteiger partial charge on any atom is 0.416 e. The van der Waals surface area contributed by atoms with Crippen LogP contribution in [0.25, 0.3) is 17.6 Å². The lowest BCUT2D eigenvalue weighted by Gasteiger charge is -2.13. The predicted molar refractivity (Wildman–Crippen MR) is 91.3 cm³/mol. The molecule has 0 radical (unpaired) electrons. The predicted octanol–water partition coefficient (Wildman–Crippen LogP) is 4.57. The van der Waals surface area contributed by atoms with Crippen LogP contribution in [-0.4, -0.2) is 26.7 Å². The summed E-state index contributed by atoms with van der Waals surface area (Å²) in [5.41, 5.74) is -3.53. The van der Waals surface area contributed by atoms with Gasteiger partial charge in [0.1, 0.15) is 6.33 Å². The fraction of sp³-hybridized carbons (Fsp3) is 0.333. The third kappa shape index (κ3) is 6.42. The number of benzene rings is 1. The Morgan fingerprint density at radius 1 is 1.07 bits per heavy atom. The van der Waals surface area contributed by atoms with Crippen molar-refractivity contribution >= 4 is 18.1 Å². The SMILES string of the molecule is CC(C)CC(=O)OC(=O)/C=C\n1cnc(-c2cc(C(F)(F)F)cc(C(F)(F)F)c2)n1. The minimum absolute atomic E-state index is 0.00935. The number of hydrogen-bond donors (Lipinski definition) is 0. The number of carbonyl (C=O) groups excluding carboxylic acids is 2. The van der Waals surface area contributed by atoms with Crippen LogP contribution in [0, 0.1) is 5.92 Å². The first kappa shape index (κ1) is 23.1. The van der Waals surface area contributed by atoms with Crippen LogP contribution < -0.4 is 0 Å². The van der Waals surface area contributed by atoms with E-state index in [4.69, 9.17) is 0 Å². The van der Waals surface area contributed by atoms with E-state index in [0.717, 1.165) is 23.3 Å². The minimum Gasteiger partial charge on any atom is -0.390 e. The largest absolute Gasteiger partial charge is 0.416 e. The molecule has 0 fully saturated rings. The quantitative estimate of drug-likeness (QED) is 0.298. The summed E-state index contributed by atoms with van der Waals surface area (Å²) in [6.45, 7) is 3.49. The molecule has 0 saturated carbocycles. The first-order valence-electron chi connectivity index (χ1n) is 8.39. The Balaban J connectivity index is 2.25. The van der Waals surface area contributed by atoms with Crippen molar-refractivity contribution in [1.29, 1.82) is 0 Å². The van der Waals surface area contributed by atoms with Crippen molar-refractivity contribution < 1.29 is 40.7 Å². The van der Waals surface area contributed by atoms with E-state index < -0.39 is 46.8 Å². The average Bonchev–Trinajstić information content (AvgIpc) is 3.06. The summed E-state index contributed by atoms with van der Waals surface area (Å²) in [5.74, 6) is -2.22. The van der Waals surface area contributed by atoms with Crippen LogP contribution in [0.4, 0.5) is 26.3 Å². The molecule has 0 aliphatic carbocycles. The summed E-state index contributed by atoms with van der Waals surface area (Å²) in [4.78, 5) is 26.6. The van der Waals surface area contributed by atoms with E-state index in [1.807, 2.05) is 0 Å². The number of ether oxygens (including phenoxy) is 1. The van der Waals surface area contributed by atoms with Gasteiger partial charge in [-0.15, -0.1) is 5.10 Å². The molecule has 1 heterocycles. The Bertz CT molecular complexity index is 929. The van der Waals surface area contributed by atoms with Crippen LogP contribution in [0.3, 0.4) is 0 Å². The van der Waals surface area contributed by atoms with Gasteiger partial charge in [-0.05, 0) is 24.1 Å². The van der Waals surface area contributed by atoms with Crippen molar-refractivity contribution in [1.82, 2.24) is 14.8 Å². The highest BCUT2D eigenvalue weighted by Crippen LogP contribution is 2.38. The van der Waals surface area contributed by atoms with Gasteiger partial charge in [0.05, 0.1) is 11.1 Å². The summed E-state index contributed by atoms with van der Waals surface area (Å²) in [7, 11) is 0. The Labute approximate surface area is 166 Å². The second kappa shape index (κ2) is 8.67. The van der Waals surface area contributed by atoms with Gasteiger partial charge in [0.15, 0.2) is 5.82 Å². The molecule has 2 aromatic rings. The van der Waals surface area contributed by atoms with Crippen molar-refractivity contribution in [3.8, 4) is 11.4 Å². The molecule has 1 aromatic carbocycles. The maximum atomic E-state index is 12.9. The zero-order valence-electron chi connectivity index (χ0n) is 15.6. The monoisotopic (exact) mass is 435 g/mol. The van der Waals surface area contributed by atoms with E-state index in [2.05, 4.69) is 14.8 Å². The van der Waals surface area contributed by atoms with Gasteiger partial charge in [0, 0.05) is 24.3 Å². The van der Waals surface area contributed by atoms with Gasteiger partial charge in [-0.2, -0.15) is 26.3 Å². The van der Waals surface area contributed by atoms with Gasteiger partial charge in [0.2, 0.25) is 0 Å². The number of hydrogen-bond acceptors (Lipinski definition) is 5. The van der Waals surface area contributed by atoms with Crippen LogP contribution >= 0.6 is 0 Å². The molecule has 0 saturated heterocycles. The number of halogens is 6. The summed E-state index contributed by atoms with van der Waals surface area (Å²) in [6.07, 6.45) is -7.24. The fourth-order valence-corrected chi connectivity index (χ4v) is 2.22. The Morgan fingerprint density at radius 3 is 2.13 bits per heavy atom. The zero-order chi connectivity index (χ0) is 22.7. The van der Waals surface area contributed by atoms with Crippen LogP contribution in [0.2, 0.25) is 0 Å². The zero-order valence-corrected chi connectivity index (χ0v) is 15.6. The average molecular weight is 435 g/mol. The maximum absolute atomic E-state index is 12.9. The van der Waals surface area contributed by atoms with Crippen LogP contribution in [0.1, 0.15) is 31.4 Å². The molecule has 0 atom stereocenters. The summed E-state index contributed by atoms with van der Waals surface area (Å²) < 4.78 is 83.1. The molecule has 0 N–H and O–H groups in total. The number of carbonyl (C=O) groups is 2. The molecule has 12 heteroatoms. The molecular formula is C18H15F6N3O3. The molecule has 0 spiro atoms. The van der Waals surface area contributed by atoms with Gasteiger partial charge in [-0.25, -0.2) is 14.5 Å². The summed E-state index contributed by atoms with van der Waals surface area (Å²) in [5, 5.41) is 3.72. The molecule has 0 bridgehead atoms. The van der Waals surface area contributed by atoms with Crippen LogP contribution in [-0.2, 0) is 26.7 Å². The van der Waals surface area contributed by atoms with Gasteiger partial charge in [0.25, 0.3) is 0 Å². The number of rotatable bonds is 5. The summed E-state index contributed by atoms with van der Waals surface area (Å²) in [6, 6.07) is 0.958. The van der Waals surface area contributed by atoms with Crippen molar-refractivity contribution in [2.75, 3.05) is 0 Å². The molecule has 162 valence electrons. The fourth-order valence-electron chi connectivity index (χ4n) is 2.22. The standard InChI is InChI=1S/C18H15F6N3O3/c1-10(2)5-15(29)30-14(28)3-4-27-9-25-16(26-27)11-6-12(17(19,20)21)8-13(7-11)18(22,23)24/h3-4,6-10H,5H2,1-2H3/b4-3-. The smallest absolute Gasteiger partial charge is 0.390 e. The third-order valence-corrected chi connectivity index (χ3v) is 3.51. The van der Waals surface area contributed by atoms with E-state index in [0.29, 0.717) is 12.1 Å². The highest BCUT2D eigenvalue weighted by atomic mass is 19.4. The van der Waals surface area contributed by atoms with Gasteiger partial charge in [-0.1, -0.05) is 13.8 Å². The first-order valence-corrected chi connectivity index (χ1v) is 8.39. The highest BCUT2D eigenvalue weighted by Gasteiger charge is 2.37. The van der Waals surface area contributed by atoms with E-state index in [9.17, 15) is 35.9 Å². The first-order chi connectivity index (χ1) is 13.8. The molecular weight excluding hydrogens is 420 g/mol. The number of aromatic nitrogens is 3. The van der Waals surface area contributed by atoms with Crippen molar-refractivity contribution in [3.63, 3.8) is 0 Å². The van der Waals surface area contributed by atoms with Crippen molar-refractivity contribution in [3.05, 3.63) is 41.7 Å². The molecule has 0 unspecified atom stereocenters. The minimum atomic E-state index is -5.01. The molecule has 0 aliphatic rings. The molecule has 0 aliphatic heterocycles. The summed E-state index contributed by atoms with van der Waals surface area (Å²) >= 11 is 0. The molecule has 30 heavy (non-hydrogen) atoms. The van der Waals surface area contributed by atoms with E-state index in [1.54, 1.807) is 13.8 Å². The normalized spacial score (nSPS) is 12.6. The second-order valence-electron chi connectivity index (χ2n) is 6.55. The van der Waals surface area contributed by atoms with Gasteiger partial charge < -0.3 is 4.74 Å².